The summed E-state index contributed by atoms with van der Waals surface area (Å²) in [5.74, 6) is 1.00. The van der Waals surface area contributed by atoms with E-state index in [-0.39, 0.29) is 6.04 Å². The molecule has 2 aliphatic rings. The van der Waals surface area contributed by atoms with Crippen molar-refractivity contribution in [3.63, 3.8) is 0 Å². The van der Waals surface area contributed by atoms with Gasteiger partial charge in [0.1, 0.15) is 11.4 Å². The molecule has 3 rings (SSSR count). The Hall–Kier alpha value is -2.16. The smallest absolute Gasteiger partial charge is 0.405 e. The third kappa shape index (κ3) is 6.47. The van der Waals surface area contributed by atoms with E-state index in [1.807, 2.05) is 25.1 Å². The van der Waals surface area contributed by atoms with Crippen LogP contribution in [0.5, 0.6) is 0 Å². The largest absolute Gasteiger partial charge is 0.444 e. The van der Waals surface area contributed by atoms with Crippen molar-refractivity contribution in [1.82, 2.24) is 4.90 Å². The van der Waals surface area contributed by atoms with Crippen LogP contribution in [0.2, 0.25) is 0 Å². The second kappa shape index (κ2) is 9.36. The second-order valence-corrected chi connectivity index (χ2v) is 7.97. The van der Waals surface area contributed by atoms with Gasteiger partial charge in [-0.2, -0.15) is 0 Å². The van der Waals surface area contributed by atoms with Crippen LogP contribution < -0.4 is 11.5 Å². The highest BCUT2D eigenvalue weighted by Gasteiger charge is 2.28. The Kier molecular flexibility index (Phi) is 7.40. The third-order valence-corrected chi connectivity index (χ3v) is 4.50. The van der Waals surface area contributed by atoms with Crippen molar-refractivity contribution >= 4 is 17.6 Å². The number of carbonyl (C=O) groups is 1. The van der Waals surface area contributed by atoms with Crippen molar-refractivity contribution in [2.45, 2.75) is 51.9 Å². The standard InChI is InChI=1S/C15H21N3O2.C5H11NO2/c1-10(18-4-6-20-7-5-18)17-12-3-2-11-8-14(19)15(16)13(11)9-12;1-5(2,3)8-4(6)7/h2-3,9,14-15,19H,4-8,16H2,1H3;1-3H3,(H2,6,7)/t14-,15-;/m1./s1. The lowest BCUT2D eigenvalue weighted by molar-refractivity contribution is 0.0600. The first kappa shape index (κ1) is 22.1. The number of morpholine rings is 1. The van der Waals surface area contributed by atoms with Crippen molar-refractivity contribution in [3.8, 4) is 0 Å². The van der Waals surface area contributed by atoms with Crippen molar-refractivity contribution in [2.75, 3.05) is 26.3 Å². The minimum absolute atomic E-state index is 0.288. The molecule has 1 amide bonds. The van der Waals surface area contributed by atoms with Gasteiger partial charge in [-0.25, -0.2) is 9.79 Å². The zero-order valence-corrected chi connectivity index (χ0v) is 17.1. The van der Waals surface area contributed by atoms with Gasteiger partial charge in [0.15, 0.2) is 0 Å². The van der Waals surface area contributed by atoms with Crippen LogP contribution in [-0.4, -0.2) is 59.9 Å². The molecule has 0 aromatic heterocycles. The molecule has 1 heterocycles. The number of amidine groups is 1. The molecule has 156 valence electrons. The summed E-state index contributed by atoms with van der Waals surface area (Å²) in [6.45, 7) is 10.6. The molecule has 1 fully saturated rings. The molecule has 0 radical (unpaired) electrons. The molecule has 1 aromatic carbocycles. The van der Waals surface area contributed by atoms with Gasteiger partial charge in [0.2, 0.25) is 0 Å². The molecule has 1 saturated heterocycles. The molecule has 1 aromatic rings. The monoisotopic (exact) mass is 392 g/mol. The molecule has 1 aliphatic heterocycles. The number of hydrogen-bond acceptors (Lipinski definition) is 6. The Morgan fingerprint density at radius 2 is 1.96 bits per heavy atom. The van der Waals surface area contributed by atoms with E-state index >= 15 is 0 Å². The van der Waals surface area contributed by atoms with Crippen LogP contribution in [0.3, 0.4) is 0 Å². The first-order chi connectivity index (χ1) is 13.1. The van der Waals surface area contributed by atoms with Crippen LogP contribution in [0.15, 0.2) is 23.2 Å². The number of nitrogens with two attached hydrogens (primary N) is 2. The fourth-order valence-electron chi connectivity index (χ4n) is 3.15. The number of hydrogen-bond donors (Lipinski definition) is 3. The summed E-state index contributed by atoms with van der Waals surface area (Å²) in [7, 11) is 0. The van der Waals surface area contributed by atoms with Crippen LogP contribution in [0.1, 0.15) is 44.9 Å². The SMILES string of the molecule is CC(=Nc1ccc2c(c1)[C@@H](N)[C@H](O)C2)N1CCOCC1.CC(C)(C)OC(N)=O. The maximum absolute atomic E-state index is 10.0. The van der Waals surface area contributed by atoms with E-state index in [0.717, 1.165) is 49.0 Å². The highest BCUT2D eigenvalue weighted by Crippen LogP contribution is 2.32. The molecular formula is C20H32N4O4. The van der Waals surface area contributed by atoms with Crippen LogP contribution in [0.4, 0.5) is 10.5 Å². The number of ether oxygens (including phenoxy) is 2. The van der Waals surface area contributed by atoms with Crippen molar-refractivity contribution in [2.24, 2.45) is 16.5 Å². The van der Waals surface area contributed by atoms with E-state index in [0.29, 0.717) is 6.42 Å². The van der Waals surface area contributed by atoms with E-state index in [4.69, 9.17) is 16.2 Å². The van der Waals surface area contributed by atoms with Crippen molar-refractivity contribution < 1.29 is 19.4 Å². The van der Waals surface area contributed by atoms with Gasteiger partial charge < -0.3 is 30.9 Å². The summed E-state index contributed by atoms with van der Waals surface area (Å²) in [6.07, 6.45) is -0.551. The quantitative estimate of drug-likeness (QED) is 0.495. The average Bonchev–Trinajstić information content (AvgIpc) is 2.88. The first-order valence-electron chi connectivity index (χ1n) is 9.50. The first-order valence-corrected chi connectivity index (χ1v) is 9.50. The summed E-state index contributed by atoms with van der Waals surface area (Å²) in [5.41, 5.74) is 13.3. The van der Waals surface area contributed by atoms with Crippen molar-refractivity contribution in [1.29, 1.82) is 0 Å². The van der Waals surface area contributed by atoms with Crippen molar-refractivity contribution in [3.05, 3.63) is 29.3 Å². The molecule has 0 bridgehead atoms. The lowest BCUT2D eigenvalue weighted by Gasteiger charge is -2.28. The Morgan fingerprint density at radius 3 is 2.50 bits per heavy atom. The van der Waals surface area contributed by atoms with Crippen LogP contribution >= 0.6 is 0 Å². The van der Waals surface area contributed by atoms with Crippen LogP contribution in [0, 0.1) is 0 Å². The predicted octanol–water partition coefficient (Wildman–Crippen LogP) is 1.87. The maximum Gasteiger partial charge on any atom is 0.405 e. The summed E-state index contributed by atoms with van der Waals surface area (Å²) in [5, 5.41) is 9.81. The topological polar surface area (TPSA) is 123 Å². The molecule has 2 atom stereocenters. The predicted molar refractivity (Wildman–Crippen MR) is 109 cm³/mol. The van der Waals surface area contributed by atoms with E-state index < -0.39 is 17.8 Å². The second-order valence-electron chi connectivity index (χ2n) is 7.97. The molecule has 0 unspecified atom stereocenters. The highest BCUT2D eigenvalue weighted by molar-refractivity contribution is 5.82. The molecule has 0 spiro atoms. The summed E-state index contributed by atoms with van der Waals surface area (Å²) >= 11 is 0. The van der Waals surface area contributed by atoms with Crippen LogP contribution in [0.25, 0.3) is 0 Å². The summed E-state index contributed by atoms with van der Waals surface area (Å²) in [6, 6.07) is 5.73. The Balaban J connectivity index is 0.000000300. The number of carbonyl (C=O) groups excluding carboxylic acids is 1. The van der Waals surface area contributed by atoms with Gasteiger partial charge >= 0.3 is 6.09 Å². The molecule has 5 N–H and O–H groups in total. The molecule has 8 heteroatoms. The van der Waals surface area contributed by atoms with Gasteiger partial charge in [-0.05, 0) is 51.0 Å². The third-order valence-electron chi connectivity index (χ3n) is 4.50. The Bertz CT molecular complexity index is 709. The zero-order chi connectivity index (χ0) is 20.9. The molecule has 28 heavy (non-hydrogen) atoms. The molecule has 0 saturated carbocycles. The number of aliphatic hydroxyl groups is 1. The normalized spacial score (nSPS) is 22.2. The van der Waals surface area contributed by atoms with E-state index in [1.54, 1.807) is 20.8 Å². The number of nitrogens with zero attached hydrogens (tertiary/aromatic N) is 2. The molecule has 8 nitrogen and oxygen atoms in total. The number of fused-ring (bicyclic) bond motifs is 1. The van der Waals surface area contributed by atoms with Gasteiger partial charge in [0.05, 0.1) is 31.0 Å². The number of primary amides is 1. The fourth-order valence-corrected chi connectivity index (χ4v) is 3.15. The Labute approximate surface area is 166 Å². The summed E-state index contributed by atoms with van der Waals surface area (Å²) in [4.78, 5) is 16.9. The summed E-state index contributed by atoms with van der Waals surface area (Å²) < 4.78 is 9.92. The lowest BCUT2D eigenvalue weighted by Crippen LogP contribution is -2.39. The highest BCUT2D eigenvalue weighted by atomic mass is 16.6. The van der Waals surface area contributed by atoms with Gasteiger partial charge in [-0.3, -0.25) is 0 Å². The van der Waals surface area contributed by atoms with Gasteiger partial charge in [-0.1, -0.05) is 6.07 Å². The lowest BCUT2D eigenvalue weighted by atomic mass is 10.1. The van der Waals surface area contributed by atoms with E-state index in [1.165, 1.54) is 0 Å². The molecular weight excluding hydrogens is 360 g/mol. The van der Waals surface area contributed by atoms with Gasteiger partial charge in [0.25, 0.3) is 0 Å². The maximum atomic E-state index is 10.0. The number of benzene rings is 1. The number of aliphatic hydroxyl groups excluding tert-OH is 1. The average molecular weight is 393 g/mol. The number of rotatable bonds is 1. The van der Waals surface area contributed by atoms with Gasteiger partial charge in [0, 0.05) is 19.5 Å². The van der Waals surface area contributed by atoms with Gasteiger partial charge in [-0.15, -0.1) is 0 Å². The minimum Gasteiger partial charge on any atom is -0.444 e. The van der Waals surface area contributed by atoms with E-state index in [9.17, 15) is 9.90 Å². The minimum atomic E-state index is -0.725. The molecule has 1 aliphatic carbocycles. The number of aliphatic imine (C=N–C) groups is 1. The fraction of sp³-hybridized carbons (Fsp3) is 0.600. The van der Waals surface area contributed by atoms with Crippen LogP contribution in [-0.2, 0) is 15.9 Å². The zero-order valence-electron chi connectivity index (χ0n) is 17.1. The van der Waals surface area contributed by atoms with E-state index in [2.05, 4.69) is 14.6 Å². The Morgan fingerprint density at radius 1 is 1.32 bits per heavy atom. The number of amides is 1.